The van der Waals surface area contributed by atoms with E-state index in [-0.39, 0.29) is 23.0 Å². The highest BCUT2D eigenvalue weighted by molar-refractivity contribution is 7.93. The Labute approximate surface area is 208 Å². The van der Waals surface area contributed by atoms with E-state index in [2.05, 4.69) is 34.7 Å². The first kappa shape index (κ1) is 25.6. The summed E-state index contributed by atoms with van der Waals surface area (Å²) in [4.78, 5) is 29.4. The monoisotopic (exact) mass is 520 g/mol. The standard InChI is InChI=1S/C23H23F3N6O3S/c1-2-17(18-9-10-28-22(31-18)32-36(34)16-7-8-16)21(33)29-15-5-3-14(4-6-15)19-11-27-12-20(30-19)35-13-23(24,25)26/h3-6,9-12,16-17H,2,7-8,13H2,1H3,(H,29,33)(H,28,31,32). The first-order valence-electron chi connectivity index (χ1n) is 11.1. The fourth-order valence-electron chi connectivity index (χ4n) is 3.27. The van der Waals surface area contributed by atoms with Gasteiger partial charge < -0.3 is 14.6 Å². The van der Waals surface area contributed by atoms with Crippen LogP contribution in [-0.2, 0) is 16.2 Å². The maximum absolute atomic E-state index is 13.0. The Morgan fingerprint density at radius 1 is 1.19 bits per heavy atom. The number of ether oxygens (including phenoxy) is 1. The molecule has 9 nitrogen and oxygen atoms in total. The van der Waals surface area contributed by atoms with Gasteiger partial charge in [0.15, 0.2) is 6.61 Å². The number of carbonyl (C=O) groups excluding carboxylic acids is 1. The Bertz CT molecular complexity index is 1190. The molecule has 4 rings (SSSR count). The molecular formula is C23H23F3N6O3S. The number of halogens is 3. The van der Waals surface area contributed by atoms with E-state index >= 15 is 0 Å². The summed E-state index contributed by atoms with van der Waals surface area (Å²) in [5.74, 6) is -0.861. The van der Waals surface area contributed by atoms with Crippen molar-refractivity contribution in [1.82, 2.24) is 19.9 Å². The largest absolute Gasteiger partial charge is 0.593 e. The van der Waals surface area contributed by atoms with Gasteiger partial charge in [-0.15, -0.1) is 0 Å². The molecule has 2 atom stereocenters. The molecule has 2 heterocycles. The molecule has 1 saturated carbocycles. The molecule has 13 heteroatoms. The van der Waals surface area contributed by atoms with E-state index in [1.807, 2.05) is 6.92 Å². The van der Waals surface area contributed by atoms with E-state index in [1.54, 1.807) is 30.3 Å². The lowest BCUT2D eigenvalue weighted by Crippen LogP contribution is -2.23. The number of nitrogens with one attached hydrogen (secondary N) is 2. The van der Waals surface area contributed by atoms with Crippen LogP contribution in [0.3, 0.4) is 0 Å². The minimum atomic E-state index is -4.48. The van der Waals surface area contributed by atoms with Crippen LogP contribution >= 0.6 is 0 Å². The average Bonchev–Trinajstić information content (AvgIpc) is 3.70. The van der Waals surface area contributed by atoms with Gasteiger partial charge in [-0.2, -0.15) is 17.9 Å². The number of rotatable bonds is 10. The smallest absolute Gasteiger partial charge is 0.422 e. The average molecular weight is 521 g/mol. The Morgan fingerprint density at radius 2 is 1.94 bits per heavy atom. The van der Waals surface area contributed by atoms with E-state index in [4.69, 9.17) is 0 Å². The first-order valence-corrected chi connectivity index (χ1v) is 12.4. The molecule has 2 N–H and O–H groups in total. The second-order valence-corrected chi connectivity index (χ2v) is 9.54. The summed E-state index contributed by atoms with van der Waals surface area (Å²) in [6.07, 6.45) is 1.83. The number of aromatic nitrogens is 4. The van der Waals surface area contributed by atoms with Crippen molar-refractivity contribution >= 4 is 28.9 Å². The quantitative estimate of drug-likeness (QED) is 0.380. The van der Waals surface area contributed by atoms with Crippen LogP contribution in [0.4, 0.5) is 24.8 Å². The molecule has 1 aromatic carbocycles. The van der Waals surface area contributed by atoms with Crippen LogP contribution in [0, 0.1) is 0 Å². The van der Waals surface area contributed by atoms with Gasteiger partial charge in [0, 0.05) is 30.3 Å². The molecule has 1 amide bonds. The van der Waals surface area contributed by atoms with Crippen LogP contribution in [0.25, 0.3) is 11.3 Å². The summed E-state index contributed by atoms with van der Waals surface area (Å²) in [6.45, 7) is 0.397. The molecule has 190 valence electrons. The van der Waals surface area contributed by atoms with Crippen LogP contribution in [0.5, 0.6) is 5.88 Å². The second kappa shape index (κ2) is 11.1. The maximum Gasteiger partial charge on any atom is 0.422 e. The van der Waals surface area contributed by atoms with Gasteiger partial charge in [-0.25, -0.2) is 15.0 Å². The number of amides is 1. The van der Waals surface area contributed by atoms with Crippen molar-refractivity contribution in [2.24, 2.45) is 0 Å². The van der Waals surface area contributed by atoms with Crippen molar-refractivity contribution in [2.75, 3.05) is 16.6 Å². The number of carbonyl (C=O) groups is 1. The molecule has 0 bridgehead atoms. The topological polar surface area (TPSA) is 125 Å². The van der Waals surface area contributed by atoms with Gasteiger partial charge in [-0.1, -0.05) is 19.1 Å². The van der Waals surface area contributed by atoms with Crippen LogP contribution in [-0.4, -0.2) is 48.4 Å². The molecule has 1 aliphatic rings. The second-order valence-electron chi connectivity index (χ2n) is 8.08. The molecule has 0 spiro atoms. The van der Waals surface area contributed by atoms with Gasteiger partial charge in [0.2, 0.25) is 11.8 Å². The molecule has 2 unspecified atom stereocenters. The summed E-state index contributed by atoms with van der Waals surface area (Å²) < 4.78 is 56.7. The summed E-state index contributed by atoms with van der Waals surface area (Å²) in [5, 5.41) is 2.96. The summed E-state index contributed by atoms with van der Waals surface area (Å²) in [6, 6.07) is 8.27. The van der Waals surface area contributed by atoms with E-state index in [0.717, 1.165) is 19.0 Å². The summed E-state index contributed by atoms with van der Waals surface area (Å²) in [7, 11) is 0. The third-order valence-corrected chi connectivity index (χ3v) is 6.68. The number of hydrogen-bond acceptors (Lipinski definition) is 8. The van der Waals surface area contributed by atoms with Crippen molar-refractivity contribution in [3.63, 3.8) is 0 Å². The van der Waals surface area contributed by atoms with Gasteiger partial charge in [-0.05, 0) is 24.6 Å². The van der Waals surface area contributed by atoms with Crippen LogP contribution in [0.15, 0.2) is 48.9 Å². The number of anilines is 2. The van der Waals surface area contributed by atoms with Crippen molar-refractivity contribution in [2.45, 2.75) is 43.5 Å². The minimum absolute atomic E-state index is 0.117. The molecule has 1 aliphatic carbocycles. The zero-order valence-electron chi connectivity index (χ0n) is 19.2. The predicted molar refractivity (Wildman–Crippen MR) is 127 cm³/mol. The van der Waals surface area contributed by atoms with Crippen molar-refractivity contribution in [3.05, 3.63) is 54.6 Å². The van der Waals surface area contributed by atoms with Crippen LogP contribution in [0.1, 0.15) is 37.8 Å². The molecular weight excluding hydrogens is 497 g/mol. The number of hydrogen-bond donors (Lipinski definition) is 2. The van der Waals surface area contributed by atoms with Gasteiger partial charge in [0.1, 0.15) is 5.25 Å². The number of nitrogens with zero attached hydrogens (tertiary/aromatic N) is 4. The molecule has 36 heavy (non-hydrogen) atoms. The first-order chi connectivity index (χ1) is 17.2. The van der Waals surface area contributed by atoms with Crippen LogP contribution in [0.2, 0.25) is 0 Å². The predicted octanol–water partition coefficient (Wildman–Crippen LogP) is 4.25. The lowest BCUT2D eigenvalue weighted by molar-refractivity contribution is -0.154. The normalized spacial score (nSPS) is 15.1. The minimum Gasteiger partial charge on any atom is -0.593 e. The Morgan fingerprint density at radius 3 is 2.61 bits per heavy atom. The fraction of sp³-hybridized carbons (Fsp3) is 0.348. The fourth-order valence-corrected chi connectivity index (χ4v) is 4.28. The Kier molecular flexibility index (Phi) is 7.89. The molecule has 0 saturated heterocycles. The zero-order valence-corrected chi connectivity index (χ0v) is 20.0. The van der Waals surface area contributed by atoms with E-state index in [1.165, 1.54) is 12.4 Å². The van der Waals surface area contributed by atoms with Gasteiger partial charge in [0.25, 0.3) is 5.95 Å². The molecule has 3 aromatic rings. The summed E-state index contributed by atoms with van der Waals surface area (Å²) >= 11 is -1.25. The van der Waals surface area contributed by atoms with E-state index < -0.39 is 30.1 Å². The van der Waals surface area contributed by atoms with Crippen molar-refractivity contribution in [1.29, 1.82) is 0 Å². The number of benzene rings is 1. The zero-order chi connectivity index (χ0) is 25.7. The molecule has 0 radical (unpaired) electrons. The summed E-state index contributed by atoms with van der Waals surface area (Å²) in [5.41, 5.74) is 1.92. The van der Waals surface area contributed by atoms with E-state index in [0.29, 0.717) is 29.1 Å². The highest BCUT2D eigenvalue weighted by atomic mass is 32.2. The number of alkyl halides is 3. The van der Waals surface area contributed by atoms with Crippen molar-refractivity contribution in [3.8, 4) is 17.1 Å². The lowest BCUT2D eigenvalue weighted by atomic mass is 10.0. The molecule has 0 aliphatic heterocycles. The van der Waals surface area contributed by atoms with Gasteiger partial charge in [0.05, 0.1) is 41.1 Å². The van der Waals surface area contributed by atoms with Gasteiger partial charge in [-0.3, -0.25) is 9.78 Å². The highest BCUT2D eigenvalue weighted by Gasteiger charge is 2.36. The van der Waals surface area contributed by atoms with E-state index in [9.17, 15) is 22.5 Å². The maximum atomic E-state index is 13.0. The third kappa shape index (κ3) is 7.04. The Balaban J connectivity index is 1.40. The van der Waals surface area contributed by atoms with Gasteiger partial charge >= 0.3 is 6.18 Å². The molecule has 1 fully saturated rings. The lowest BCUT2D eigenvalue weighted by Gasteiger charge is -2.16. The third-order valence-electron chi connectivity index (χ3n) is 5.22. The van der Waals surface area contributed by atoms with Crippen molar-refractivity contribution < 1.29 is 27.3 Å². The highest BCUT2D eigenvalue weighted by Crippen LogP contribution is 2.29. The van der Waals surface area contributed by atoms with Crippen LogP contribution < -0.4 is 14.8 Å². The SMILES string of the molecule is CCC(C(=O)Nc1ccc(-c2cncc(OCC(F)(F)F)n2)cc1)c1ccnc(N[S+]([O-])C2CC2)n1. The molecule has 2 aromatic heterocycles. The Hall–Kier alpha value is -3.45.